The molecule has 2 aliphatic rings. The number of thioether (sulfide) groups is 1. The molecule has 0 aliphatic carbocycles. The summed E-state index contributed by atoms with van der Waals surface area (Å²) in [6.45, 7) is 0. The average molecular weight is 305 g/mol. The average Bonchev–Trinajstić information content (AvgIpc) is 3.07. The minimum absolute atomic E-state index is 0.0490. The Balaban J connectivity index is 1.65. The van der Waals surface area contributed by atoms with Crippen molar-refractivity contribution >= 4 is 46.0 Å². The largest absolute Gasteiger partial charge is 0.477 e. The lowest BCUT2D eigenvalue weighted by Gasteiger charge is -2.36. The number of β-lactam (4-membered cyclic amide) rings is 1. The Hall–Kier alpha value is -2.06. The van der Waals surface area contributed by atoms with Crippen molar-refractivity contribution in [2.75, 3.05) is 0 Å². The van der Waals surface area contributed by atoms with Gasteiger partial charge in [0.2, 0.25) is 0 Å². The maximum Gasteiger partial charge on any atom is 0.353 e. The Kier molecular flexibility index (Phi) is 2.33. The van der Waals surface area contributed by atoms with Crippen LogP contribution in [0.2, 0.25) is 0 Å². The molecular weight excluding hydrogens is 298 g/mol. The number of amides is 1. The monoisotopic (exact) mass is 305 g/mol. The van der Waals surface area contributed by atoms with E-state index < -0.39 is 5.97 Å². The molecule has 4 rings (SSSR count). The van der Waals surface area contributed by atoms with Gasteiger partial charge < -0.3 is 5.11 Å². The van der Waals surface area contributed by atoms with Crippen molar-refractivity contribution in [1.29, 1.82) is 0 Å². The Morgan fingerprint density at radius 1 is 1.50 bits per heavy atom. The third kappa shape index (κ3) is 1.49. The van der Waals surface area contributed by atoms with Gasteiger partial charge in [-0.15, -0.1) is 23.1 Å². The number of hydrogen-bond acceptors (Lipinski definition) is 5. The van der Waals surface area contributed by atoms with E-state index in [9.17, 15) is 9.59 Å². The molecule has 2 aliphatic heterocycles. The van der Waals surface area contributed by atoms with Gasteiger partial charge in [-0.3, -0.25) is 14.1 Å². The molecule has 2 aromatic rings. The zero-order valence-corrected chi connectivity index (χ0v) is 11.5. The molecule has 0 spiro atoms. The van der Waals surface area contributed by atoms with E-state index >= 15 is 0 Å². The van der Waals surface area contributed by atoms with E-state index in [0.29, 0.717) is 11.3 Å². The van der Waals surface area contributed by atoms with Crippen LogP contribution in [0.25, 0.3) is 11.0 Å². The second kappa shape index (κ2) is 3.97. The number of carboxylic acid groups (broad SMARTS) is 1. The maximum absolute atomic E-state index is 12.0. The predicted octanol–water partition coefficient (Wildman–Crippen LogP) is 1.62. The molecule has 1 saturated heterocycles. The van der Waals surface area contributed by atoms with Gasteiger partial charge in [-0.05, 0) is 6.08 Å². The van der Waals surface area contributed by atoms with E-state index in [1.807, 2.05) is 22.2 Å². The first-order chi connectivity index (χ1) is 9.65. The first-order valence-electron chi connectivity index (χ1n) is 5.71. The van der Waals surface area contributed by atoms with E-state index in [0.717, 1.165) is 4.96 Å². The smallest absolute Gasteiger partial charge is 0.353 e. The second-order valence-electron chi connectivity index (χ2n) is 4.33. The molecule has 1 amide bonds. The minimum Gasteiger partial charge on any atom is -0.477 e. The minimum atomic E-state index is -1.07. The van der Waals surface area contributed by atoms with Crippen LogP contribution in [0.1, 0.15) is 5.69 Å². The Morgan fingerprint density at radius 2 is 2.35 bits per heavy atom. The summed E-state index contributed by atoms with van der Waals surface area (Å²) < 4.78 is 1.89. The highest BCUT2D eigenvalue weighted by Crippen LogP contribution is 2.44. The van der Waals surface area contributed by atoms with Crippen LogP contribution in [0.15, 0.2) is 34.5 Å². The molecule has 4 heterocycles. The predicted molar refractivity (Wildman–Crippen MR) is 75.0 cm³/mol. The summed E-state index contributed by atoms with van der Waals surface area (Å²) in [6, 6.07) is 0. The fourth-order valence-electron chi connectivity index (χ4n) is 2.24. The van der Waals surface area contributed by atoms with E-state index in [4.69, 9.17) is 5.11 Å². The van der Waals surface area contributed by atoms with E-state index in [2.05, 4.69) is 4.98 Å². The van der Waals surface area contributed by atoms with Crippen LogP contribution in [-0.4, -0.2) is 36.6 Å². The van der Waals surface area contributed by atoms with Crippen molar-refractivity contribution in [2.24, 2.45) is 0 Å². The van der Waals surface area contributed by atoms with E-state index in [1.54, 1.807) is 6.08 Å². The van der Waals surface area contributed by atoms with Gasteiger partial charge in [0.25, 0.3) is 5.91 Å². The molecule has 1 fully saturated rings. The number of nitrogens with zero attached hydrogens (tertiary/aromatic N) is 3. The summed E-state index contributed by atoms with van der Waals surface area (Å²) in [5, 5.41) is 12.2. The van der Waals surface area contributed by atoms with Crippen molar-refractivity contribution in [3.05, 3.63) is 40.1 Å². The molecule has 0 aromatic carbocycles. The number of fused-ring (bicyclic) bond motifs is 2. The standard InChI is InChI=1S/C12H7N3O3S2/c16-9-7(10-15(9)8(5-20-10)11(17)18)3-6-4-14-1-2-19-12(14)13-6/h1-5,10H,(H,17,18)/b7-3+/t10-/m1/s1. The molecule has 0 saturated carbocycles. The number of thiazole rings is 1. The summed E-state index contributed by atoms with van der Waals surface area (Å²) in [5.41, 5.74) is 1.35. The van der Waals surface area contributed by atoms with Gasteiger partial charge in [0.05, 0.1) is 11.3 Å². The molecule has 1 atom stereocenters. The molecule has 100 valence electrons. The first-order valence-corrected chi connectivity index (χ1v) is 7.53. The van der Waals surface area contributed by atoms with Crippen molar-refractivity contribution in [1.82, 2.24) is 14.3 Å². The van der Waals surface area contributed by atoms with Crippen LogP contribution < -0.4 is 0 Å². The van der Waals surface area contributed by atoms with Crippen LogP contribution in [0.5, 0.6) is 0 Å². The number of rotatable bonds is 2. The van der Waals surface area contributed by atoms with Gasteiger partial charge in [0.1, 0.15) is 11.1 Å². The molecule has 8 heteroatoms. The highest BCUT2D eigenvalue weighted by atomic mass is 32.2. The first kappa shape index (κ1) is 11.7. The van der Waals surface area contributed by atoms with Crippen LogP contribution in [0, 0.1) is 0 Å². The van der Waals surface area contributed by atoms with Crippen LogP contribution in [0.3, 0.4) is 0 Å². The zero-order valence-electron chi connectivity index (χ0n) is 9.89. The molecular formula is C12H7N3O3S2. The molecule has 0 unspecified atom stereocenters. The van der Waals surface area contributed by atoms with Gasteiger partial charge in [-0.1, -0.05) is 0 Å². The molecule has 1 N–H and O–H groups in total. The second-order valence-corrected chi connectivity index (χ2v) is 6.16. The van der Waals surface area contributed by atoms with E-state index in [1.165, 1.54) is 33.4 Å². The summed E-state index contributed by atoms with van der Waals surface area (Å²) >= 11 is 2.85. The third-order valence-electron chi connectivity index (χ3n) is 3.17. The number of aromatic nitrogens is 2. The van der Waals surface area contributed by atoms with Crippen molar-refractivity contribution in [2.45, 2.75) is 5.37 Å². The lowest BCUT2D eigenvalue weighted by atomic mass is 10.0. The highest BCUT2D eigenvalue weighted by Gasteiger charge is 2.49. The summed E-state index contributed by atoms with van der Waals surface area (Å²) in [6.07, 6.45) is 5.48. The van der Waals surface area contributed by atoms with Gasteiger partial charge >= 0.3 is 5.97 Å². The maximum atomic E-state index is 12.0. The van der Waals surface area contributed by atoms with Crippen LogP contribution in [0.4, 0.5) is 0 Å². The topological polar surface area (TPSA) is 74.9 Å². The van der Waals surface area contributed by atoms with Crippen molar-refractivity contribution in [3.8, 4) is 0 Å². The fraction of sp³-hybridized carbons (Fsp3) is 0.0833. The molecule has 20 heavy (non-hydrogen) atoms. The zero-order chi connectivity index (χ0) is 13.9. The highest BCUT2D eigenvalue weighted by molar-refractivity contribution is 8.03. The van der Waals surface area contributed by atoms with Crippen molar-refractivity contribution < 1.29 is 14.7 Å². The van der Waals surface area contributed by atoms with Crippen LogP contribution in [-0.2, 0) is 9.59 Å². The molecule has 2 aromatic heterocycles. The van der Waals surface area contributed by atoms with Gasteiger partial charge in [0, 0.05) is 23.2 Å². The number of aliphatic carboxylic acids is 1. The molecule has 6 nitrogen and oxygen atoms in total. The lowest BCUT2D eigenvalue weighted by Crippen LogP contribution is -2.51. The summed E-state index contributed by atoms with van der Waals surface area (Å²) in [4.78, 5) is 29.6. The number of carboxylic acids is 1. The van der Waals surface area contributed by atoms with Gasteiger partial charge in [0.15, 0.2) is 4.96 Å². The normalized spacial score (nSPS) is 23.1. The Labute approximate surface area is 121 Å². The number of hydrogen-bond donors (Lipinski definition) is 1. The van der Waals surface area contributed by atoms with E-state index in [-0.39, 0.29) is 17.0 Å². The fourth-order valence-corrected chi connectivity index (χ4v) is 4.07. The SMILES string of the molecule is O=C(O)C1=CS[C@@H]2/C(=C/c3cn4ccsc4n3)C(=O)N12. The lowest BCUT2D eigenvalue weighted by molar-refractivity contribution is -0.141. The van der Waals surface area contributed by atoms with Gasteiger partial charge in [-0.2, -0.15) is 0 Å². The third-order valence-corrected chi connectivity index (χ3v) is 5.02. The number of carbonyl (C=O) groups excluding carboxylic acids is 1. The molecule has 0 radical (unpaired) electrons. The Bertz CT molecular complexity index is 788. The van der Waals surface area contributed by atoms with Crippen LogP contribution >= 0.6 is 23.1 Å². The number of imidazole rings is 1. The summed E-state index contributed by atoms with van der Waals surface area (Å²) in [5.74, 6) is -1.33. The van der Waals surface area contributed by atoms with Gasteiger partial charge in [-0.25, -0.2) is 9.78 Å². The molecule has 0 bridgehead atoms. The van der Waals surface area contributed by atoms with Crippen molar-refractivity contribution in [3.63, 3.8) is 0 Å². The number of carbonyl (C=O) groups is 2. The summed E-state index contributed by atoms with van der Waals surface area (Å²) in [7, 11) is 0. The quantitative estimate of drug-likeness (QED) is 0.674. The Morgan fingerprint density at radius 3 is 3.10 bits per heavy atom.